The second kappa shape index (κ2) is 5.17. The van der Waals surface area contributed by atoms with Crippen molar-refractivity contribution in [1.82, 2.24) is 0 Å². The molecule has 1 atom stereocenters. The summed E-state index contributed by atoms with van der Waals surface area (Å²) >= 11 is 0. The fourth-order valence-electron chi connectivity index (χ4n) is 0.690. The molecule has 1 heterocycles. The van der Waals surface area contributed by atoms with Gasteiger partial charge in [-0.25, -0.2) is 0 Å². The highest BCUT2D eigenvalue weighted by atomic mass is 19.4. The van der Waals surface area contributed by atoms with Crippen LogP contribution in [0.5, 0.6) is 0 Å². The molecule has 0 aromatic rings. The minimum Gasteiger partial charge on any atom is -0.407 e. The molecule has 1 aliphatic heterocycles. The topological polar surface area (TPSA) is 18.5 Å². The zero-order valence-corrected chi connectivity index (χ0v) is 8.30. The lowest BCUT2D eigenvalue weighted by atomic mass is 10.3. The molecule has 0 radical (unpaired) electrons. The van der Waals surface area contributed by atoms with Crippen LogP contribution in [-0.2, 0) is 9.47 Å². The fraction of sp³-hybridized carbons (Fsp3) is 0.429. The molecule has 19 heavy (non-hydrogen) atoms. The summed E-state index contributed by atoms with van der Waals surface area (Å²) in [6.07, 6.45) is -16.7. The van der Waals surface area contributed by atoms with Crippen molar-refractivity contribution in [2.45, 2.75) is 18.1 Å². The van der Waals surface area contributed by atoms with Gasteiger partial charge in [0, 0.05) is 0 Å². The SMILES string of the molecule is C=C(F)F.FC(F)=C1OC(F)(F)C(F)(C(F)(F)F)O1. The Bertz CT molecular complexity index is 378. The highest BCUT2D eigenvalue weighted by molar-refractivity contribution is 5.01. The first kappa shape index (κ1) is 17.4. The van der Waals surface area contributed by atoms with Crippen LogP contribution in [0.2, 0.25) is 0 Å². The maximum Gasteiger partial charge on any atom is 0.483 e. The van der Waals surface area contributed by atoms with Gasteiger partial charge >= 0.3 is 30.2 Å². The molecule has 0 amide bonds. The van der Waals surface area contributed by atoms with Crippen molar-refractivity contribution in [3.63, 3.8) is 0 Å². The van der Waals surface area contributed by atoms with E-state index in [4.69, 9.17) is 0 Å². The van der Waals surface area contributed by atoms with Crippen LogP contribution in [0.15, 0.2) is 24.7 Å². The van der Waals surface area contributed by atoms with E-state index < -0.39 is 36.2 Å². The molecule has 1 saturated heterocycles. The van der Waals surface area contributed by atoms with Gasteiger partial charge in [-0.05, 0) is 6.58 Å². The zero-order chi connectivity index (χ0) is 15.6. The Morgan fingerprint density at radius 1 is 0.947 bits per heavy atom. The second-order valence-corrected chi connectivity index (χ2v) is 2.70. The van der Waals surface area contributed by atoms with E-state index in [0.717, 1.165) is 0 Å². The number of alkyl halides is 6. The molecule has 0 aromatic carbocycles. The van der Waals surface area contributed by atoms with Crippen molar-refractivity contribution in [3.8, 4) is 0 Å². The predicted octanol–water partition coefficient (Wildman–Crippen LogP) is 4.32. The Balaban J connectivity index is 0.000000711. The summed E-state index contributed by atoms with van der Waals surface area (Å²) in [4.78, 5) is 0. The number of halogens is 10. The van der Waals surface area contributed by atoms with Crippen LogP contribution < -0.4 is 0 Å². The van der Waals surface area contributed by atoms with Gasteiger partial charge in [0.05, 0.1) is 0 Å². The lowest BCUT2D eigenvalue weighted by molar-refractivity contribution is -0.393. The van der Waals surface area contributed by atoms with E-state index in [1.807, 2.05) is 0 Å². The van der Waals surface area contributed by atoms with Gasteiger partial charge in [-0.1, -0.05) is 0 Å². The Hall–Kier alpha value is -1.62. The van der Waals surface area contributed by atoms with Gasteiger partial charge in [0.1, 0.15) is 0 Å². The molecule has 0 saturated carbocycles. The fourth-order valence-corrected chi connectivity index (χ4v) is 0.690. The Kier molecular flexibility index (Phi) is 4.73. The average Bonchev–Trinajstić information content (AvgIpc) is 2.36. The molecule has 12 heteroatoms. The third-order valence-corrected chi connectivity index (χ3v) is 1.35. The summed E-state index contributed by atoms with van der Waals surface area (Å²) in [6.45, 7) is 2.22. The highest BCUT2D eigenvalue weighted by Crippen LogP contribution is 2.53. The Labute approximate surface area is 97.4 Å². The molecule has 1 rings (SSSR count). The van der Waals surface area contributed by atoms with Crippen LogP contribution in [0.3, 0.4) is 0 Å². The highest BCUT2D eigenvalue weighted by Gasteiger charge is 2.81. The van der Waals surface area contributed by atoms with Crippen molar-refractivity contribution in [2.75, 3.05) is 0 Å². The van der Waals surface area contributed by atoms with Gasteiger partial charge in [-0.3, -0.25) is 0 Å². The van der Waals surface area contributed by atoms with E-state index >= 15 is 0 Å². The number of hydrogen-bond acceptors (Lipinski definition) is 2. The van der Waals surface area contributed by atoms with Crippen LogP contribution in [0.1, 0.15) is 0 Å². The summed E-state index contributed by atoms with van der Waals surface area (Å²) in [5, 5.41) is 0. The van der Waals surface area contributed by atoms with Gasteiger partial charge in [-0.2, -0.15) is 43.9 Å². The van der Waals surface area contributed by atoms with Gasteiger partial charge in [0.25, 0.3) is 6.08 Å². The molecule has 0 aliphatic carbocycles. The molecule has 0 aromatic heterocycles. The summed E-state index contributed by atoms with van der Waals surface area (Å²) in [6, 6.07) is 0. The standard InChI is InChI=1S/C5F8O2.C2H2F2/c6-1(7)2-14-3(8,4(9,10)11)5(12,13)15-2;1-2(3)4/h;1H2. The average molecular weight is 308 g/mol. The number of hydrogen-bond donors (Lipinski definition) is 0. The largest absolute Gasteiger partial charge is 0.483 e. The van der Waals surface area contributed by atoms with Crippen molar-refractivity contribution in [2.24, 2.45) is 0 Å². The zero-order valence-electron chi connectivity index (χ0n) is 8.30. The van der Waals surface area contributed by atoms with Crippen molar-refractivity contribution >= 4 is 0 Å². The lowest BCUT2D eigenvalue weighted by Crippen LogP contribution is -2.53. The van der Waals surface area contributed by atoms with Crippen molar-refractivity contribution in [1.29, 1.82) is 0 Å². The summed E-state index contributed by atoms with van der Waals surface area (Å²) in [5.41, 5.74) is 0. The number of rotatable bonds is 0. The van der Waals surface area contributed by atoms with Crippen LogP contribution >= 0.6 is 0 Å². The molecule has 1 unspecified atom stereocenters. The molecule has 1 fully saturated rings. The second-order valence-electron chi connectivity index (χ2n) is 2.70. The van der Waals surface area contributed by atoms with Crippen LogP contribution in [0.25, 0.3) is 0 Å². The maximum absolute atomic E-state index is 12.6. The van der Waals surface area contributed by atoms with Crippen LogP contribution in [0.4, 0.5) is 43.9 Å². The van der Waals surface area contributed by atoms with E-state index in [0.29, 0.717) is 0 Å². The lowest BCUT2D eigenvalue weighted by Gasteiger charge is -2.23. The molecule has 0 spiro atoms. The summed E-state index contributed by atoms with van der Waals surface area (Å²) < 4.78 is 121. The molecule has 112 valence electrons. The molecule has 2 nitrogen and oxygen atoms in total. The van der Waals surface area contributed by atoms with E-state index in [9.17, 15) is 43.9 Å². The third-order valence-electron chi connectivity index (χ3n) is 1.35. The first-order valence-corrected chi connectivity index (χ1v) is 3.81. The smallest absolute Gasteiger partial charge is 0.407 e. The molecule has 1 aliphatic rings. The van der Waals surface area contributed by atoms with Crippen LogP contribution in [0, 0.1) is 0 Å². The first-order valence-electron chi connectivity index (χ1n) is 3.81. The maximum atomic E-state index is 12.6. The van der Waals surface area contributed by atoms with E-state index in [-0.39, 0.29) is 0 Å². The van der Waals surface area contributed by atoms with Crippen LogP contribution in [-0.4, -0.2) is 18.1 Å². The Morgan fingerprint density at radius 2 is 1.32 bits per heavy atom. The molecule has 0 N–H and O–H groups in total. The minimum atomic E-state index is -6.21. The quantitative estimate of drug-likeness (QED) is 0.621. The van der Waals surface area contributed by atoms with E-state index in [1.54, 1.807) is 0 Å². The predicted molar refractivity (Wildman–Crippen MR) is 37.6 cm³/mol. The Morgan fingerprint density at radius 3 is 1.47 bits per heavy atom. The van der Waals surface area contributed by atoms with Crippen molar-refractivity contribution in [3.05, 3.63) is 24.7 Å². The summed E-state index contributed by atoms with van der Waals surface area (Å²) in [5.74, 6) is -8.10. The molecular weight excluding hydrogens is 306 g/mol. The minimum absolute atomic E-state index is 1.83. The van der Waals surface area contributed by atoms with Gasteiger partial charge in [-0.15, -0.1) is 0 Å². The van der Waals surface area contributed by atoms with Gasteiger partial charge in [0.15, 0.2) is 0 Å². The number of ether oxygens (including phenoxy) is 2. The molecular formula is C7H2F10O2. The van der Waals surface area contributed by atoms with Gasteiger partial charge < -0.3 is 9.47 Å². The normalized spacial score (nSPS) is 24.8. The van der Waals surface area contributed by atoms with Crippen molar-refractivity contribution < 1.29 is 53.4 Å². The van der Waals surface area contributed by atoms with E-state index in [1.165, 1.54) is 0 Å². The summed E-state index contributed by atoms with van der Waals surface area (Å²) in [7, 11) is 0. The van der Waals surface area contributed by atoms with E-state index in [2.05, 4.69) is 16.1 Å². The third kappa shape index (κ3) is 3.67. The monoisotopic (exact) mass is 308 g/mol. The first-order chi connectivity index (χ1) is 8.24. The van der Waals surface area contributed by atoms with Gasteiger partial charge in [0.2, 0.25) is 0 Å². The molecule has 0 bridgehead atoms.